The van der Waals surface area contributed by atoms with Crippen LogP contribution in [0.3, 0.4) is 0 Å². The topological polar surface area (TPSA) is 134 Å². The van der Waals surface area contributed by atoms with Gasteiger partial charge in [-0.15, -0.1) is 0 Å². The van der Waals surface area contributed by atoms with Crippen molar-refractivity contribution in [1.29, 1.82) is 0 Å². The van der Waals surface area contributed by atoms with Crippen molar-refractivity contribution in [3.05, 3.63) is 72.9 Å². The zero-order valence-electron chi connectivity index (χ0n) is 56.6. The molecule has 2 atom stereocenters. The summed E-state index contributed by atoms with van der Waals surface area (Å²) in [5.74, 6) is -0.807. The van der Waals surface area contributed by atoms with Gasteiger partial charge in [-0.05, 0) is 64.2 Å². The highest BCUT2D eigenvalue weighted by molar-refractivity contribution is 7.47. The van der Waals surface area contributed by atoms with Gasteiger partial charge in [0.05, 0.1) is 13.2 Å². The summed E-state index contributed by atoms with van der Waals surface area (Å²) in [5.41, 5.74) is 5.41. The van der Waals surface area contributed by atoms with Crippen LogP contribution in [0.2, 0.25) is 0 Å². The number of ether oxygens (including phenoxy) is 2. The molecule has 0 spiro atoms. The maximum absolute atomic E-state index is 12.8. The standard InChI is InChI=1S/C76H140NO8P/c1-3-5-7-9-11-13-15-17-19-21-23-25-27-29-31-33-34-35-36-37-38-39-40-41-43-45-47-49-51-53-55-57-59-61-63-65-67-69-76(79)85-74(73-84-86(80,81)83-71-70-77)72-82-75(78)68-66-64-62-60-58-56-54-52-50-48-46-44-42-32-30-28-26-24-22-20-18-16-14-12-10-8-6-4-2/h5,7,11,13,17,19,23,25,29,31,34-35,74H,3-4,6,8-10,12,14-16,18,20-22,24,26-28,30,32-33,36-73,77H2,1-2H3,(H,80,81)/b7-5-,13-11-,19-17-,25-23-,31-29-,35-34-. The van der Waals surface area contributed by atoms with Crippen LogP contribution in [0.15, 0.2) is 72.9 Å². The van der Waals surface area contributed by atoms with E-state index in [2.05, 4.69) is 86.8 Å². The molecule has 0 bridgehead atoms. The molecular weight excluding hydrogens is 1090 g/mol. The highest BCUT2D eigenvalue weighted by Crippen LogP contribution is 2.43. The largest absolute Gasteiger partial charge is 0.472 e. The maximum Gasteiger partial charge on any atom is 0.472 e. The number of rotatable bonds is 70. The highest BCUT2D eigenvalue weighted by Gasteiger charge is 2.26. The average molecular weight is 1230 g/mol. The van der Waals surface area contributed by atoms with E-state index in [0.29, 0.717) is 6.42 Å². The number of phosphoric acid groups is 1. The molecule has 502 valence electrons. The van der Waals surface area contributed by atoms with Crippen molar-refractivity contribution in [1.82, 2.24) is 0 Å². The molecule has 0 aliphatic heterocycles. The van der Waals surface area contributed by atoms with Crippen LogP contribution in [0.1, 0.15) is 367 Å². The van der Waals surface area contributed by atoms with Crippen LogP contribution in [-0.4, -0.2) is 49.3 Å². The molecule has 0 radical (unpaired) electrons. The molecule has 10 heteroatoms. The molecule has 0 rings (SSSR count). The molecule has 0 heterocycles. The van der Waals surface area contributed by atoms with Gasteiger partial charge in [0.25, 0.3) is 0 Å². The normalized spacial score (nSPS) is 13.3. The van der Waals surface area contributed by atoms with Crippen LogP contribution in [0.4, 0.5) is 0 Å². The van der Waals surface area contributed by atoms with Gasteiger partial charge in [-0.1, -0.05) is 363 Å². The summed E-state index contributed by atoms with van der Waals surface area (Å²) in [6, 6.07) is 0. The third-order valence-corrected chi connectivity index (χ3v) is 17.3. The van der Waals surface area contributed by atoms with Gasteiger partial charge in [0.2, 0.25) is 0 Å². The number of esters is 2. The maximum atomic E-state index is 12.8. The van der Waals surface area contributed by atoms with E-state index >= 15 is 0 Å². The lowest BCUT2D eigenvalue weighted by molar-refractivity contribution is -0.161. The van der Waals surface area contributed by atoms with Crippen LogP contribution in [0.25, 0.3) is 0 Å². The van der Waals surface area contributed by atoms with Crippen LogP contribution in [0, 0.1) is 0 Å². The number of unbranched alkanes of at least 4 members (excludes halogenated alkanes) is 45. The first-order valence-electron chi connectivity index (χ1n) is 36.9. The third kappa shape index (κ3) is 70.5. The minimum atomic E-state index is -4.39. The minimum absolute atomic E-state index is 0.0545. The Kier molecular flexibility index (Phi) is 69.4. The second kappa shape index (κ2) is 71.5. The Morgan fingerprint density at radius 1 is 0.360 bits per heavy atom. The smallest absolute Gasteiger partial charge is 0.462 e. The molecule has 9 nitrogen and oxygen atoms in total. The monoisotopic (exact) mass is 1230 g/mol. The summed E-state index contributed by atoms with van der Waals surface area (Å²) in [4.78, 5) is 35.4. The van der Waals surface area contributed by atoms with Crippen molar-refractivity contribution in [2.45, 2.75) is 373 Å². The van der Waals surface area contributed by atoms with Gasteiger partial charge in [0.15, 0.2) is 6.10 Å². The van der Waals surface area contributed by atoms with E-state index in [1.54, 1.807) is 0 Å². The van der Waals surface area contributed by atoms with Crippen molar-refractivity contribution >= 4 is 19.8 Å². The molecule has 86 heavy (non-hydrogen) atoms. The van der Waals surface area contributed by atoms with Gasteiger partial charge in [0.1, 0.15) is 6.61 Å². The van der Waals surface area contributed by atoms with Crippen LogP contribution >= 0.6 is 7.82 Å². The number of carbonyl (C=O) groups is 2. The molecular formula is C76H140NO8P. The van der Waals surface area contributed by atoms with Gasteiger partial charge in [0, 0.05) is 19.4 Å². The van der Waals surface area contributed by atoms with E-state index in [9.17, 15) is 19.0 Å². The van der Waals surface area contributed by atoms with E-state index in [4.69, 9.17) is 24.3 Å². The van der Waals surface area contributed by atoms with E-state index in [0.717, 1.165) is 77.0 Å². The predicted octanol–water partition coefficient (Wildman–Crippen LogP) is 24.4. The average Bonchev–Trinajstić information content (AvgIpc) is 3.55. The fraction of sp³-hybridized carbons (Fsp3) is 0.816. The third-order valence-electron chi connectivity index (χ3n) is 16.4. The lowest BCUT2D eigenvalue weighted by Crippen LogP contribution is -2.29. The molecule has 2 unspecified atom stereocenters. The molecule has 0 aromatic carbocycles. The van der Waals surface area contributed by atoms with Crippen molar-refractivity contribution in [3.63, 3.8) is 0 Å². The fourth-order valence-electron chi connectivity index (χ4n) is 10.9. The molecule has 0 aromatic heterocycles. The molecule has 0 aliphatic carbocycles. The SMILES string of the molecule is CC/C=C\C/C=C\C/C=C\C/C=C\C/C=C\C/C=C\CCCCCCCCCCCCCCCCCCCCC(=O)OC(COC(=O)CCCCCCCCCCCCCCCCCCCCCCCCCCCCCC)COP(=O)(O)OCCN. The highest BCUT2D eigenvalue weighted by atomic mass is 31.2. The number of phosphoric ester groups is 1. The minimum Gasteiger partial charge on any atom is -0.462 e. The van der Waals surface area contributed by atoms with Gasteiger partial charge >= 0.3 is 19.8 Å². The molecule has 0 aromatic rings. The van der Waals surface area contributed by atoms with E-state index in [-0.39, 0.29) is 38.6 Å². The molecule has 0 saturated heterocycles. The first-order valence-corrected chi connectivity index (χ1v) is 38.4. The summed E-state index contributed by atoms with van der Waals surface area (Å²) in [5, 5.41) is 0. The number of carbonyl (C=O) groups excluding carboxylic acids is 2. The lowest BCUT2D eigenvalue weighted by Gasteiger charge is -2.19. The second-order valence-corrected chi connectivity index (χ2v) is 26.2. The predicted molar refractivity (Wildman–Crippen MR) is 372 cm³/mol. The lowest BCUT2D eigenvalue weighted by atomic mass is 10.0. The number of hydrogen-bond donors (Lipinski definition) is 2. The van der Waals surface area contributed by atoms with E-state index in [1.165, 1.54) is 257 Å². The summed E-state index contributed by atoms with van der Waals surface area (Å²) >= 11 is 0. The summed E-state index contributed by atoms with van der Waals surface area (Å²) in [6.07, 6.45) is 94.4. The van der Waals surface area contributed by atoms with Gasteiger partial charge in [-0.25, -0.2) is 4.57 Å². The number of allylic oxidation sites excluding steroid dienone is 12. The first kappa shape index (κ1) is 83.5. The Morgan fingerprint density at radius 3 is 0.953 bits per heavy atom. The van der Waals surface area contributed by atoms with Gasteiger partial charge in [-0.3, -0.25) is 18.6 Å². The first-order chi connectivity index (χ1) is 42.3. The van der Waals surface area contributed by atoms with Crippen molar-refractivity contribution < 1.29 is 37.6 Å². The van der Waals surface area contributed by atoms with Gasteiger partial charge < -0.3 is 20.1 Å². The zero-order valence-corrected chi connectivity index (χ0v) is 57.4. The summed E-state index contributed by atoms with van der Waals surface area (Å²) in [6.45, 7) is 3.70. The molecule has 3 N–H and O–H groups in total. The number of hydrogen-bond acceptors (Lipinski definition) is 8. The Hall–Kier alpha value is -2.55. The summed E-state index contributed by atoms with van der Waals surface area (Å²) < 4.78 is 33.2. The van der Waals surface area contributed by atoms with E-state index in [1.807, 2.05) is 0 Å². The van der Waals surface area contributed by atoms with Crippen LogP contribution in [0.5, 0.6) is 0 Å². The molecule has 0 saturated carbocycles. The Morgan fingerprint density at radius 2 is 0.640 bits per heavy atom. The van der Waals surface area contributed by atoms with Crippen LogP contribution < -0.4 is 5.73 Å². The Balaban J connectivity index is 3.81. The summed E-state index contributed by atoms with van der Waals surface area (Å²) in [7, 11) is -4.39. The fourth-order valence-corrected chi connectivity index (χ4v) is 11.7. The van der Waals surface area contributed by atoms with Crippen molar-refractivity contribution in [2.75, 3.05) is 26.4 Å². The quantitative estimate of drug-likeness (QED) is 0.0264. The Bertz CT molecular complexity index is 1640. The number of nitrogens with two attached hydrogens (primary N) is 1. The molecule has 0 fully saturated rings. The second-order valence-electron chi connectivity index (χ2n) is 24.8. The Labute approximate surface area is 532 Å². The van der Waals surface area contributed by atoms with Crippen molar-refractivity contribution in [2.24, 2.45) is 5.73 Å². The van der Waals surface area contributed by atoms with E-state index < -0.39 is 26.5 Å². The van der Waals surface area contributed by atoms with Gasteiger partial charge in [-0.2, -0.15) is 0 Å². The zero-order chi connectivity index (χ0) is 62.3. The molecule has 0 aliphatic rings. The molecule has 0 amide bonds. The van der Waals surface area contributed by atoms with Crippen LogP contribution in [-0.2, 0) is 32.7 Å². The van der Waals surface area contributed by atoms with Crippen molar-refractivity contribution in [3.8, 4) is 0 Å².